The maximum absolute atomic E-state index is 13.6. The first kappa shape index (κ1) is 17.6. The second-order valence-electron chi connectivity index (χ2n) is 8.85. The van der Waals surface area contributed by atoms with Crippen molar-refractivity contribution >= 4 is 0 Å². The first-order chi connectivity index (χ1) is 11.0. The molecule has 3 fully saturated rings. The van der Waals surface area contributed by atoms with Gasteiger partial charge in [-0.2, -0.15) is 0 Å². The van der Waals surface area contributed by atoms with Gasteiger partial charge in [0.2, 0.25) is 0 Å². The van der Waals surface area contributed by atoms with Gasteiger partial charge in [-0.15, -0.1) is 0 Å². The predicted molar refractivity (Wildman–Crippen MR) is 88.6 cm³/mol. The standard InChI is InChI=1S/C20H33F3/c1-13-2-6-16(7-3-13)17-8-4-14(5-9-17)10-15-11-18(21)20(23)19(22)12-15/h13-20H,2-12H2,1H3. The van der Waals surface area contributed by atoms with Gasteiger partial charge in [-0.1, -0.05) is 32.6 Å². The monoisotopic (exact) mass is 330 g/mol. The van der Waals surface area contributed by atoms with Crippen molar-refractivity contribution < 1.29 is 13.2 Å². The van der Waals surface area contributed by atoms with Crippen molar-refractivity contribution in [2.75, 3.05) is 0 Å². The third-order valence-corrected chi connectivity index (χ3v) is 7.09. The summed E-state index contributed by atoms with van der Waals surface area (Å²) in [6.45, 7) is 2.37. The third-order valence-electron chi connectivity index (χ3n) is 7.09. The van der Waals surface area contributed by atoms with E-state index in [1.54, 1.807) is 0 Å². The first-order valence-corrected chi connectivity index (χ1v) is 9.95. The van der Waals surface area contributed by atoms with Crippen LogP contribution in [0.25, 0.3) is 0 Å². The number of halogens is 3. The smallest absolute Gasteiger partial charge is 0.162 e. The molecule has 0 bridgehead atoms. The number of alkyl halides is 3. The van der Waals surface area contributed by atoms with Crippen molar-refractivity contribution in [2.45, 2.75) is 96.1 Å². The van der Waals surface area contributed by atoms with Crippen LogP contribution in [0.2, 0.25) is 0 Å². The molecular weight excluding hydrogens is 297 g/mol. The van der Waals surface area contributed by atoms with Crippen molar-refractivity contribution in [1.82, 2.24) is 0 Å². The van der Waals surface area contributed by atoms with Gasteiger partial charge in [-0.05, 0) is 74.5 Å². The van der Waals surface area contributed by atoms with Crippen LogP contribution in [-0.4, -0.2) is 18.5 Å². The van der Waals surface area contributed by atoms with Gasteiger partial charge in [0, 0.05) is 0 Å². The number of hydrogen-bond donors (Lipinski definition) is 0. The van der Waals surface area contributed by atoms with E-state index in [9.17, 15) is 13.2 Å². The van der Waals surface area contributed by atoms with E-state index in [-0.39, 0.29) is 18.8 Å². The van der Waals surface area contributed by atoms with Crippen molar-refractivity contribution in [3.63, 3.8) is 0 Å². The van der Waals surface area contributed by atoms with Crippen LogP contribution < -0.4 is 0 Å². The van der Waals surface area contributed by atoms with Crippen molar-refractivity contribution in [2.24, 2.45) is 29.6 Å². The van der Waals surface area contributed by atoms with Gasteiger partial charge >= 0.3 is 0 Å². The Bertz CT molecular complexity index is 344. The molecule has 2 atom stereocenters. The van der Waals surface area contributed by atoms with Crippen LogP contribution in [0.15, 0.2) is 0 Å². The summed E-state index contributed by atoms with van der Waals surface area (Å²) < 4.78 is 40.4. The Morgan fingerprint density at radius 1 is 0.652 bits per heavy atom. The minimum absolute atomic E-state index is 0.0593. The fraction of sp³-hybridized carbons (Fsp3) is 1.00. The summed E-state index contributed by atoms with van der Waals surface area (Å²) in [4.78, 5) is 0. The summed E-state index contributed by atoms with van der Waals surface area (Å²) in [5, 5.41) is 0. The van der Waals surface area contributed by atoms with Crippen LogP contribution in [0.3, 0.4) is 0 Å². The second kappa shape index (κ2) is 7.78. The van der Waals surface area contributed by atoms with Crippen LogP contribution >= 0.6 is 0 Å². The number of hydrogen-bond acceptors (Lipinski definition) is 0. The minimum atomic E-state index is -1.88. The normalized spacial score (nSPS) is 49.0. The number of rotatable bonds is 3. The molecule has 0 aliphatic heterocycles. The zero-order valence-corrected chi connectivity index (χ0v) is 14.5. The molecule has 23 heavy (non-hydrogen) atoms. The maximum atomic E-state index is 13.6. The van der Waals surface area contributed by atoms with Gasteiger partial charge in [0.25, 0.3) is 0 Å². The van der Waals surface area contributed by atoms with Crippen molar-refractivity contribution in [3.05, 3.63) is 0 Å². The van der Waals surface area contributed by atoms with E-state index in [0.29, 0.717) is 5.92 Å². The molecule has 0 heterocycles. The van der Waals surface area contributed by atoms with E-state index in [2.05, 4.69) is 6.92 Å². The first-order valence-electron chi connectivity index (χ1n) is 9.95. The highest BCUT2D eigenvalue weighted by Crippen LogP contribution is 2.44. The SMILES string of the molecule is CC1CCC(C2CCC(CC3CC(F)C(F)C(F)C3)CC2)CC1. The lowest BCUT2D eigenvalue weighted by Crippen LogP contribution is -2.38. The van der Waals surface area contributed by atoms with Crippen molar-refractivity contribution in [3.8, 4) is 0 Å². The van der Waals surface area contributed by atoms with Crippen LogP contribution in [-0.2, 0) is 0 Å². The highest BCUT2D eigenvalue weighted by molar-refractivity contribution is 4.89. The van der Waals surface area contributed by atoms with Gasteiger partial charge < -0.3 is 0 Å². The quantitative estimate of drug-likeness (QED) is 0.559. The van der Waals surface area contributed by atoms with E-state index < -0.39 is 18.5 Å². The molecule has 2 unspecified atom stereocenters. The molecular formula is C20H33F3. The average molecular weight is 330 g/mol. The molecule has 3 saturated carbocycles. The van der Waals surface area contributed by atoms with Gasteiger partial charge in [-0.25, -0.2) is 13.2 Å². The van der Waals surface area contributed by atoms with Crippen LogP contribution in [0, 0.1) is 29.6 Å². The van der Waals surface area contributed by atoms with Crippen molar-refractivity contribution in [1.29, 1.82) is 0 Å². The Morgan fingerprint density at radius 3 is 1.65 bits per heavy atom. The Morgan fingerprint density at radius 2 is 1.13 bits per heavy atom. The molecule has 0 radical (unpaired) electrons. The lowest BCUT2D eigenvalue weighted by molar-refractivity contribution is 0.00939. The van der Waals surface area contributed by atoms with Crippen LogP contribution in [0.5, 0.6) is 0 Å². The summed E-state index contributed by atoms with van der Waals surface area (Å²) in [7, 11) is 0. The van der Waals surface area contributed by atoms with Gasteiger partial charge in [0.1, 0.15) is 12.3 Å². The Kier molecular flexibility index (Phi) is 5.96. The molecule has 0 spiro atoms. The molecule has 0 saturated heterocycles. The molecule has 3 aliphatic carbocycles. The molecule has 3 heteroatoms. The summed E-state index contributed by atoms with van der Waals surface area (Å²) in [5.74, 6) is 3.41. The maximum Gasteiger partial charge on any atom is 0.162 e. The van der Waals surface area contributed by atoms with Gasteiger partial charge in [0.05, 0.1) is 0 Å². The van der Waals surface area contributed by atoms with E-state index in [1.165, 1.54) is 51.4 Å². The summed E-state index contributed by atoms with van der Waals surface area (Å²) in [6.07, 6.45) is 7.02. The summed E-state index contributed by atoms with van der Waals surface area (Å²) in [5.41, 5.74) is 0. The Balaban J connectivity index is 1.41. The topological polar surface area (TPSA) is 0 Å². The molecule has 0 nitrogen and oxygen atoms in total. The zero-order chi connectivity index (χ0) is 16.4. The highest BCUT2D eigenvalue weighted by atomic mass is 19.2. The van der Waals surface area contributed by atoms with E-state index in [0.717, 1.165) is 24.2 Å². The highest BCUT2D eigenvalue weighted by Gasteiger charge is 2.40. The zero-order valence-electron chi connectivity index (χ0n) is 14.5. The summed E-state index contributed by atoms with van der Waals surface area (Å²) in [6, 6.07) is 0. The lowest BCUT2D eigenvalue weighted by Gasteiger charge is -2.39. The van der Waals surface area contributed by atoms with Gasteiger partial charge in [-0.3, -0.25) is 0 Å². The molecule has 0 aromatic carbocycles. The average Bonchev–Trinajstić information content (AvgIpc) is 2.54. The predicted octanol–water partition coefficient (Wildman–Crippen LogP) is 6.43. The fourth-order valence-electron chi connectivity index (χ4n) is 5.54. The van der Waals surface area contributed by atoms with E-state index >= 15 is 0 Å². The Hall–Kier alpha value is -0.210. The lowest BCUT2D eigenvalue weighted by atomic mass is 9.67. The molecule has 0 aromatic heterocycles. The second-order valence-corrected chi connectivity index (χ2v) is 8.85. The van der Waals surface area contributed by atoms with Crippen LogP contribution in [0.4, 0.5) is 13.2 Å². The molecule has 3 aliphatic rings. The van der Waals surface area contributed by atoms with Crippen LogP contribution in [0.1, 0.15) is 77.6 Å². The van der Waals surface area contributed by atoms with E-state index in [1.807, 2.05) is 0 Å². The largest absolute Gasteiger partial charge is 0.244 e. The Labute approximate surface area is 139 Å². The molecule has 0 N–H and O–H groups in total. The minimum Gasteiger partial charge on any atom is -0.244 e. The van der Waals surface area contributed by atoms with Gasteiger partial charge in [0.15, 0.2) is 6.17 Å². The molecule has 0 aromatic rings. The molecule has 134 valence electrons. The fourth-order valence-corrected chi connectivity index (χ4v) is 5.54. The molecule has 3 rings (SSSR count). The molecule has 0 amide bonds. The summed E-state index contributed by atoms with van der Waals surface area (Å²) >= 11 is 0. The third kappa shape index (κ3) is 4.45. The van der Waals surface area contributed by atoms with E-state index in [4.69, 9.17) is 0 Å².